The normalized spacial score (nSPS) is 13.5. The Hall–Kier alpha value is -3.15. The standard InChI is InChI=1S/C20H20N2O4/c23-18-7-4-12-22(18)17-10-8-16(9-11-17)20(25)21-13-19(24)26-14-15-5-2-1-3-6-15/h1-3,5-6,8-11H,4,7,12-14H2,(H,21,25). The van der Waals surface area contributed by atoms with E-state index in [4.69, 9.17) is 4.74 Å². The maximum absolute atomic E-state index is 12.1. The summed E-state index contributed by atoms with van der Waals surface area (Å²) in [4.78, 5) is 37.3. The Morgan fingerprint density at radius 2 is 1.77 bits per heavy atom. The number of benzene rings is 2. The Morgan fingerprint density at radius 1 is 1.04 bits per heavy atom. The number of esters is 1. The fourth-order valence-electron chi connectivity index (χ4n) is 2.76. The van der Waals surface area contributed by atoms with Crippen molar-refractivity contribution in [3.63, 3.8) is 0 Å². The third-order valence-corrected chi connectivity index (χ3v) is 4.15. The van der Waals surface area contributed by atoms with Crippen LogP contribution in [0.1, 0.15) is 28.8 Å². The molecule has 0 radical (unpaired) electrons. The molecule has 0 unspecified atom stereocenters. The number of carbonyl (C=O) groups is 3. The number of carbonyl (C=O) groups excluding carboxylic acids is 3. The minimum Gasteiger partial charge on any atom is -0.460 e. The number of amides is 2. The Labute approximate surface area is 151 Å². The van der Waals surface area contributed by atoms with E-state index in [1.807, 2.05) is 30.3 Å². The monoisotopic (exact) mass is 352 g/mol. The van der Waals surface area contributed by atoms with Crippen molar-refractivity contribution in [2.75, 3.05) is 18.0 Å². The lowest BCUT2D eigenvalue weighted by atomic mass is 10.2. The average molecular weight is 352 g/mol. The van der Waals surface area contributed by atoms with E-state index in [-0.39, 0.29) is 25.0 Å². The second-order valence-electron chi connectivity index (χ2n) is 6.02. The van der Waals surface area contributed by atoms with Gasteiger partial charge < -0.3 is 15.0 Å². The van der Waals surface area contributed by atoms with Crippen LogP contribution in [0, 0.1) is 0 Å². The van der Waals surface area contributed by atoms with E-state index in [1.165, 1.54) is 0 Å². The second kappa shape index (κ2) is 8.29. The van der Waals surface area contributed by atoms with Gasteiger partial charge in [-0.3, -0.25) is 14.4 Å². The number of ether oxygens (including phenoxy) is 1. The summed E-state index contributed by atoms with van der Waals surface area (Å²) in [5, 5.41) is 2.54. The van der Waals surface area contributed by atoms with E-state index < -0.39 is 5.97 Å². The van der Waals surface area contributed by atoms with E-state index in [2.05, 4.69) is 5.32 Å². The summed E-state index contributed by atoms with van der Waals surface area (Å²) in [6.45, 7) is 0.684. The largest absolute Gasteiger partial charge is 0.460 e. The van der Waals surface area contributed by atoms with Crippen LogP contribution in [0.2, 0.25) is 0 Å². The minimum atomic E-state index is -0.499. The number of anilines is 1. The van der Waals surface area contributed by atoms with Crippen LogP contribution in [0.5, 0.6) is 0 Å². The average Bonchev–Trinajstić information content (AvgIpc) is 3.11. The van der Waals surface area contributed by atoms with Gasteiger partial charge in [-0.1, -0.05) is 30.3 Å². The predicted octanol–water partition coefficient (Wildman–Crippen LogP) is 2.29. The lowest BCUT2D eigenvalue weighted by Crippen LogP contribution is -2.30. The SMILES string of the molecule is O=C(CNC(=O)c1ccc(N2CCCC2=O)cc1)OCc1ccccc1. The molecule has 1 aliphatic rings. The van der Waals surface area contributed by atoms with E-state index >= 15 is 0 Å². The summed E-state index contributed by atoms with van der Waals surface area (Å²) in [5.74, 6) is -0.759. The van der Waals surface area contributed by atoms with Crippen LogP contribution in [-0.4, -0.2) is 30.9 Å². The van der Waals surface area contributed by atoms with Crippen molar-refractivity contribution in [2.24, 2.45) is 0 Å². The zero-order valence-electron chi connectivity index (χ0n) is 14.3. The van der Waals surface area contributed by atoms with Gasteiger partial charge in [-0.25, -0.2) is 0 Å². The maximum Gasteiger partial charge on any atom is 0.325 e. The zero-order valence-corrected chi connectivity index (χ0v) is 14.3. The molecule has 3 rings (SSSR count). The van der Waals surface area contributed by atoms with Crippen LogP contribution < -0.4 is 10.2 Å². The molecule has 0 aliphatic carbocycles. The van der Waals surface area contributed by atoms with E-state index in [0.717, 1.165) is 17.7 Å². The fraction of sp³-hybridized carbons (Fsp3) is 0.250. The van der Waals surface area contributed by atoms with E-state index in [1.54, 1.807) is 29.2 Å². The lowest BCUT2D eigenvalue weighted by Gasteiger charge is -2.15. The molecule has 1 N–H and O–H groups in total. The molecule has 134 valence electrons. The molecule has 2 aromatic rings. The Morgan fingerprint density at radius 3 is 2.42 bits per heavy atom. The molecule has 0 aromatic heterocycles. The molecule has 1 saturated heterocycles. The van der Waals surface area contributed by atoms with Crippen molar-refractivity contribution in [1.29, 1.82) is 0 Å². The number of nitrogens with one attached hydrogen (secondary N) is 1. The smallest absolute Gasteiger partial charge is 0.325 e. The van der Waals surface area contributed by atoms with Gasteiger partial charge >= 0.3 is 5.97 Å². The van der Waals surface area contributed by atoms with E-state index in [9.17, 15) is 14.4 Å². The molecular weight excluding hydrogens is 332 g/mol. The quantitative estimate of drug-likeness (QED) is 0.810. The van der Waals surface area contributed by atoms with Crippen LogP contribution in [0.4, 0.5) is 5.69 Å². The van der Waals surface area contributed by atoms with Gasteiger partial charge in [0.1, 0.15) is 13.2 Å². The molecule has 2 amide bonds. The Bertz CT molecular complexity index is 787. The number of nitrogens with zero attached hydrogens (tertiary/aromatic N) is 1. The van der Waals surface area contributed by atoms with Gasteiger partial charge in [0, 0.05) is 24.2 Å². The number of hydrogen-bond donors (Lipinski definition) is 1. The zero-order chi connectivity index (χ0) is 18.4. The number of hydrogen-bond acceptors (Lipinski definition) is 4. The van der Waals surface area contributed by atoms with Crippen molar-refractivity contribution in [2.45, 2.75) is 19.4 Å². The Kier molecular flexibility index (Phi) is 5.63. The van der Waals surface area contributed by atoms with E-state index in [0.29, 0.717) is 18.5 Å². The first-order valence-corrected chi connectivity index (χ1v) is 8.51. The van der Waals surface area contributed by atoms with Crippen molar-refractivity contribution >= 4 is 23.5 Å². The van der Waals surface area contributed by atoms with Gasteiger partial charge in [-0.2, -0.15) is 0 Å². The lowest BCUT2D eigenvalue weighted by molar-refractivity contribution is -0.143. The van der Waals surface area contributed by atoms with Crippen molar-refractivity contribution in [3.8, 4) is 0 Å². The highest BCUT2D eigenvalue weighted by Crippen LogP contribution is 2.21. The summed E-state index contributed by atoms with van der Waals surface area (Å²) >= 11 is 0. The molecular formula is C20H20N2O4. The van der Waals surface area contributed by atoms with Gasteiger partial charge in [0.05, 0.1) is 0 Å². The number of rotatable bonds is 6. The van der Waals surface area contributed by atoms with Crippen molar-refractivity contribution < 1.29 is 19.1 Å². The molecule has 0 atom stereocenters. The molecule has 2 aromatic carbocycles. The van der Waals surface area contributed by atoms with Gasteiger partial charge in [-0.05, 0) is 36.2 Å². The molecule has 0 spiro atoms. The van der Waals surface area contributed by atoms with Crippen LogP contribution >= 0.6 is 0 Å². The molecule has 0 bridgehead atoms. The summed E-state index contributed by atoms with van der Waals surface area (Å²) in [5.41, 5.74) is 2.10. The van der Waals surface area contributed by atoms with Gasteiger partial charge in [0.25, 0.3) is 5.91 Å². The third-order valence-electron chi connectivity index (χ3n) is 4.15. The molecule has 26 heavy (non-hydrogen) atoms. The summed E-state index contributed by atoms with van der Waals surface area (Å²) in [6, 6.07) is 16.1. The van der Waals surface area contributed by atoms with Gasteiger partial charge in [-0.15, -0.1) is 0 Å². The van der Waals surface area contributed by atoms with Crippen molar-refractivity contribution in [3.05, 3.63) is 65.7 Å². The molecule has 6 nitrogen and oxygen atoms in total. The summed E-state index contributed by atoms with van der Waals surface area (Å²) in [7, 11) is 0. The Balaban J connectivity index is 1.47. The first-order valence-electron chi connectivity index (χ1n) is 8.51. The second-order valence-corrected chi connectivity index (χ2v) is 6.02. The molecule has 1 heterocycles. The van der Waals surface area contributed by atoms with Crippen LogP contribution in [0.3, 0.4) is 0 Å². The van der Waals surface area contributed by atoms with Crippen molar-refractivity contribution in [1.82, 2.24) is 5.32 Å². The molecule has 6 heteroatoms. The van der Waals surface area contributed by atoms with Gasteiger partial charge in [0.2, 0.25) is 5.91 Å². The van der Waals surface area contributed by atoms with Crippen LogP contribution in [0.15, 0.2) is 54.6 Å². The first kappa shape index (κ1) is 17.7. The molecule has 0 saturated carbocycles. The topological polar surface area (TPSA) is 75.7 Å². The highest BCUT2D eigenvalue weighted by molar-refractivity contribution is 5.98. The molecule has 1 aliphatic heterocycles. The maximum atomic E-state index is 12.1. The van der Waals surface area contributed by atoms with Gasteiger partial charge in [0.15, 0.2) is 0 Å². The highest BCUT2D eigenvalue weighted by Gasteiger charge is 2.21. The predicted molar refractivity (Wildman–Crippen MR) is 96.6 cm³/mol. The summed E-state index contributed by atoms with van der Waals surface area (Å²) in [6.07, 6.45) is 1.42. The highest BCUT2D eigenvalue weighted by atomic mass is 16.5. The van der Waals surface area contributed by atoms with Crippen LogP contribution in [-0.2, 0) is 20.9 Å². The summed E-state index contributed by atoms with van der Waals surface area (Å²) < 4.78 is 5.11. The third kappa shape index (κ3) is 4.47. The minimum absolute atomic E-state index is 0.100. The molecule has 1 fully saturated rings. The van der Waals surface area contributed by atoms with Crippen LogP contribution in [0.25, 0.3) is 0 Å². The fourth-order valence-corrected chi connectivity index (χ4v) is 2.76. The first-order chi connectivity index (χ1) is 12.6.